The van der Waals surface area contributed by atoms with E-state index in [0.29, 0.717) is 6.42 Å². The molecule has 0 aliphatic heterocycles. The molecule has 0 heterocycles. The summed E-state index contributed by atoms with van der Waals surface area (Å²) in [7, 11) is 0. The molecule has 0 atom stereocenters. The zero-order valence-corrected chi connectivity index (χ0v) is 11.9. The third-order valence-electron chi connectivity index (χ3n) is 5.40. The Balaban J connectivity index is 1.50. The fourth-order valence-electron chi connectivity index (χ4n) is 5.04. The maximum atomic E-state index is 12.0. The zero-order valence-electron chi connectivity index (χ0n) is 11.9. The van der Waals surface area contributed by atoms with E-state index in [9.17, 15) is 4.79 Å². The second-order valence-corrected chi connectivity index (χ2v) is 7.17. The van der Waals surface area contributed by atoms with Crippen molar-refractivity contribution in [3.05, 3.63) is 0 Å². The van der Waals surface area contributed by atoms with Crippen LogP contribution in [0.2, 0.25) is 0 Å². The fraction of sp³-hybridized carbons (Fsp3) is 0.938. The number of carbonyl (C=O) groups is 1. The molecule has 4 fully saturated rings. The Bertz CT molecular complexity index is 304. The topological polar surface area (TPSA) is 52.3 Å². The summed E-state index contributed by atoms with van der Waals surface area (Å²) in [5.74, 6) is 2.57. The molecule has 4 aliphatic carbocycles. The summed E-state index contributed by atoms with van der Waals surface area (Å²) in [6.45, 7) is 0.726. The van der Waals surface area contributed by atoms with Gasteiger partial charge >= 0.3 is 5.97 Å². The van der Waals surface area contributed by atoms with E-state index >= 15 is 0 Å². The molecule has 4 saturated carbocycles. The summed E-state index contributed by atoms with van der Waals surface area (Å²) in [6.07, 6.45) is 11.2. The summed E-state index contributed by atoms with van der Waals surface area (Å²) in [5, 5.41) is 0. The number of ether oxygens (including phenoxy) is 1. The van der Waals surface area contributed by atoms with Crippen molar-refractivity contribution >= 4 is 5.97 Å². The van der Waals surface area contributed by atoms with Crippen molar-refractivity contribution in [2.75, 3.05) is 6.54 Å². The molecule has 0 saturated heterocycles. The van der Waals surface area contributed by atoms with Crippen LogP contribution < -0.4 is 5.73 Å². The first kappa shape index (κ1) is 13.4. The van der Waals surface area contributed by atoms with Gasteiger partial charge in [-0.15, -0.1) is 0 Å². The minimum Gasteiger partial charge on any atom is -0.459 e. The minimum atomic E-state index is -0.0559. The van der Waals surface area contributed by atoms with E-state index in [-0.39, 0.29) is 11.6 Å². The highest BCUT2D eigenvalue weighted by molar-refractivity contribution is 5.70. The van der Waals surface area contributed by atoms with Crippen LogP contribution in [0, 0.1) is 17.8 Å². The zero-order chi connectivity index (χ0) is 13.3. The SMILES string of the molecule is NCCCCCC(=O)OC12CC3CC(CC(C3)C1)C2. The number of nitrogens with two attached hydrogens (primary N) is 1. The standard InChI is InChI=1S/C16H27NO2/c17-5-3-1-2-4-15(18)19-16-9-12-6-13(10-16)8-14(7-12)11-16/h12-14H,1-11,17H2. The van der Waals surface area contributed by atoms with Crippen LogP contribution in [0.4, 0.5) is 0 Å². The van der Waals surface area contributed by atoms with Gasteiger partial charge in [0.25, 0.3) is 0 Å². The number of hydrogen-bond acceptors (Lipinski definition) is 3. The van der Waals surface area contributed by atoms with E-state index < -0.39 is 0 Å². The first-order valence-electron chi connectivity index (χ1n) is 8.11. The fourth-order valence-corrected chi connectivity index (χ4v) is 5.04. The molecular formula is C16H27NO2. The van der Waals surface area contributed by atoms with Crippen LogP contribution in [0.3, 0.4) is 0 Å². The van der Waals surface area contributed by atoms with Crippen molar-refractivity contribution in [2.45, 2.75) is 69.8 Å². The van der Waals surface area contributed by atoms with Crippen molar-refractivity contribution in [1.82, 2.24) is 0 Å². The predicted molar refractivity (Wildman–Crippen MR) is 74.5 cm³/mol. The molecule has 0 unspecified atom stereocenters. The van der Waals surface area contributed by atoms with Gasteiger partial charge < -0.3 is 10.5 Å². The summed E-state index contributed by atoms with van der Waals surface area (Å²) >= 11 is 0. The lowest BCUT2D eigenvalue weighted by atomic mass is 9.54. The van der Waals surface area contributed by atoms with Gasteiger partial charge in [0.05, 0.1) is 0 Å². The van der Waals surface area contributed by atoms with Gasteiger partial charge in [0.2, 0.25) is 0 Å². The molecule has 4 rings (SSSR count). The first-order valence-corrected chi connectivity index (χ1v) is 8.11. The second-order valence-electron chi connectivity index (χ2n) is 7.17. The molecule has 0 radical (unpaired) electrons. The highest BCUT2D eigenvalue weighted by atomic mass is 16.6. The van der Waals surface area contributed by atoms with Crippen LogP contribution in [0.5, 0.6) is 0 Å². The van der Waals surface area contributed by atoms with E-state index in [0.717, 1.165) is 62.8 Å². The monoisotopic (exact) mass is 265 g/mol. The van der Waals surface area contributed by atoms with Gasteiger partial charge in [-0.05, 0) is 75.7 Å². The quantitative estimate of drug-likeness (QED) is 0.593. The smallest absolute Gasteiger partial charge is 0.306 e. The van der Waals surface area contributed by atoms with Gasteiger partial charge in [-0.25, -0.2) is 0 Å². The molecule has 4 aliphatic rings. The Kier molecular flexibility index (Phi) is 3.84. The Morgan fingerprint density at radius 3 is 2.11 bits per heavy atom. The normalized spacial score (nSPS) is 39.5. The Morgan fingerprint density at radius 1 is 1.00 bits per heavy atom. The molecule has 2 N–H and O–H groups in total. The van der Waals surface area contributed by atoms with Crippen LogP contribution in [0.1, 0.15) is 64.2 Å². The number of carbonyl (C=O) groups excluding carboxylic acids is 1. The molecule has 19 heavy (non-hydrogen) atoms. The molecule has 0 aromatic rings. The number of unbranched alkanes of at least 4 members (excludes halogenated alkanes) is 2. The highest BCUT2D eigenvalue weighted by Crippen LogP contribution is 2.57. The van der Waals surface area contributed by atoms with Gasteiger partial charge in [0.1, 0.15) is 5.60 Å². The lowest BCUT2D eigenvalue weighted by molar-refractivity contribution is -0.186. The van der Waals surface area contributed by atoms with E-state index in [2.05, 4.69) is 0 Å². The van der Waals surface area contributed by atoms with Crippen LogP contribution in [-0.4, -0.2) is 18.1 Å². The maximum absolute atomic E-state index is 12.0. The van der Waals surface area contributed by atoms with Crippen molar-refractivity contribution in [3.63, 3.8) is 0 Å². The lowest BCUT2D eigenvalue weighted by Crippen LogP contribution is -2.52. The molecule has 0 amide bonds. The molecule has 3 nitrogen and oxygen atoms in total. The molecular weight excluding hydrogens is 238 g/mol. The van der Waals surface area contributed by atoms with Gasteiger partial charge in [-0.3, -0.25) is 4.79 Å². The summed E-state index contributed by atoms with van der Waals surface area (Å²) in [5.41, 5.74) is 5.41. The highest BCUT2D eigenvalue weighted by Gasteiger charge is 2.53. The van der Waals surface area contributed by atoms with Crippen molar-refractivity contribution < 1.29 is 9.53 Å². The van der Waals surface area contributed by atoms with Crippen LogP contribution in [-0.2, 0) is 9.53 Å². The number of esters is 1. The van der Waals surface area contributed by atoms with Gasteiger partial charge in [0, 0.05) is 6.42 Å². The number of hydrogen-bond donors (Lipinski definition) is 1. The molecule has 4 bridgehead atoms. The summed E-state index contributed by atoms with van der Waals surface area (Å²) in [4.78, 5) is 12.0. The van der Waals surface area contributed by atoms with Gasteiger partial charge in [-0.2, -0.15) is 0 Å². The summed E-state index contributed by atoms with van der Waals surface area (Å²) < 4.78 is 5.96. The number of rotatable bonds is 6. The minimum absolute atomic E-state index is 0.0407. The van der Waals surface area contributed by atoms with Crippen molar-refractivity contribution in [2.24, 2.45) is 23.5 Å². The largest absolute Gasteiger partial charge is 0.459 e. The van der Waals surface area contributed by atoms with E-state index in [1.165, 1.54) is 19.3 Å². The van der Waals surface area contributed by atoms with E-state index in [1.807, 2.05) is 0 Å². The molecule has 3 heteroatoms. The third-order valence-corrected chi connectivity index (χ3v) is 5.40. The van der Waals surface area contributed by atoms with Crippen LogP contribution >= 0.6 is 0 Å². The van der Waals surface area contributed by atoms with Gasteiger partial charge in [0.15, 0.2) is 0 Å². The Morgan fingerprint density at radius 2 is 1.58 bits per heavy atom. The predicted octanol–water partition coefficient (Wildman–Crippen LogP) is 3.02. The third kappa shape index (κ3) is 2.96. The van der Waals surface area contributed by atoms with Gasteiger partial charge in [-0.1, -0.05) is 6.42 Å². The maximum Gasteiger partial charge on any atom is 0.306 e. The van der Waals surface area contributed by atoms with Crippen LogP contribution in [0.25, 0.3) is 0 Å². The average molecular weight is 265 g/mol. The van der Waals surface area contributed by atoms with Crippen molar-refractivity contribution in [3.8, 4) is 0 Å². The summed E-state index contributed by atoms with van der Waals surface area (Å²) in [6, 6.07) is 0. The van der Waals surface area contributed by atoms with E-state index in [4.69, 9.17) is 10.5 Å². The lowest BCUT2D eigenvalue weighted by Gasteiger charge is -2.55. The molecule has 0 aromatic carbocycles. The first-order chi connectivity index (χ1) is 9.19. The second kappa shape index (κ2) is 5.43. The Labute approximate surface area is 116 Å². The molecule has 0 spiro atoms. The van der Waals surface area contributed by atoms with E-state index in [1.54, 1.807) is 0 Å². The Hall–Kier alpha value is -0.570. The van der Waals surface area contributed by atoms with Crippen LogP contribution in [0.15, 0.2) is 0 Å². The molecule has 0 aromatic heterocycles. The van der Waals surface area contributed by atoms with Crippen molar-refractivity contribution in [1.29, 1.82) is 0 Å². The molecule has 108 valence electrons. The average Bonchev–Trinajstić information content (AvgIpc) is 2.32.